The summed E-state index contributed by atoms with van der Waals surface area (Å²) in [5, 5.41) is 60.6. The molecule has 3 saturated heterocycles. The number of aliphatic carboxylic acids is 3. The number of hydrogen-bond donors (Lipinski definition) is 8. The topological polar surface area (TPSA) is 351 Å². The fourth-order valence-corrected chi connectivity index (χ4v) is 11.7. The van der Waals surface area contributed by atoms with Gasteiger partial charge in [0.25, 0.3) is 17.7 Å². The van der Waals surface area contributed by atoms with Crippen LogP contribution in [0.3, 0.4) is 0 Å². The molecule has 0 spiro atoms. The molecule has 30 heteroatoms. The van der Waals surface area contributed by atoms with Crippen LogP contribution in [0.15, 0.2) is 54.7 Å². The van der Waals surface area contributed by atoms with E-state index in [0.29, 0.717) is 100 Å². The highest BCUT2D eigenvalue weighted by atomic mass is 32.2. The molecule has 3 aliphatic rings. The van der Waals surface area contributed by atoms with E-state index in [1.54, 1.807) is 48.8 Å². The van der Waals surface area contributed by atoms with Gasteiger partial charge < -0.3 is 56.2 Å². The number of pyridine rings is 1. The molecule has 0 unspecified atom stereocenters. The van der Waals surface area contributed by atoms with Gasteiger partial charge in [-0.15, -0.1) is 0 Å². The van der Waals surface area contributed by atoms with Gasteiger partial charge in [0.1, 0.15) is 23.9 Å². The van der Waals surface area contributed by atoms with Gasteiger partial charge in [-0.05, 0) is 75.3 Å². The van der Waals surface area contributed by atoms with Crippen molar-refractivity contribution in [1.82, 2.24) is 60.6 Å². The predicted octanol–water partition coefficient (Wildman–Crippen LogP) is 0.426. The quantitative estimate of drug-likeness (QED) is 0.0383. The normalized spacial score (nSPS) is 17.9. The number of nitriles is 1. The molecule has 8 N–H and O–H groups in total. The van der Waals surface area contributed by atoms with Crippen LogP contribution in [0.25, 0.3) is 10.9 Å². The Bertz CT molecular complexity index is 2980. The van der Waals surface area contributed by atoms with Gasteiger partial charge >= 0.3 is 17.9 Å². The number of carbonyl (C=O) groups is 9. The van der Waals surface area contributed by atoms with Gasteiger partial charge in [0.05, 0.1) is 63.0 Å². The number of aromatic nitrogens is 1. The molecule has 27 nitrogen and oxygen atoms in total. The highest BCUT2D eigenvalue weighted by Crippen LogP contribution is 2.32. The molecule has 1 aromatic heterocycles. The van der Waals surface area contributed by atoms with Crippen LogP contribution in [0, 0.1) is 18.3 Å². The molecule has 3 fully saturated rings. The maximum Gasteiger partial charge on any atom is 0.317 e. The molecule has 6 amide bonds. The summed E-state index contributed by atoms with van der Waals surface area (Å²) in [7, 11) is 0. The van der Waals surface area contributed by atoms with E-state index in [0.717, 1.165) is 22.4 Å². The van der Waals surface area contributed by atoms with Crippen LogP contribution in [0.5, 0.6) is 5.75 Å². The van der Waals surface area contributed by atoms with Gasteiger partial charge in [0, 0.05) is 134 Å². The number of nitrogens with one attached hydrogen (secondary N) is 4. The van der Waals surface area contributed by atoms with E-state index >= 15 is 0 Å². The van der Waals surface area contributed by atoms with Crippen molar-refractivity contribution in [2.75, 3.05) is 156 Å². The molecule has 3 atom stereocenters. The van der Waals surface area contributed by atoms with Crippen molar-refractivity contribution >= 4 is 76.0 Å². The molecule has 0 aliphatic carbocycles. The Labute approximate surface area is 538 Å². The van der Waals surface area contributed by atoms with Gasteiger partial charge in [0.15, 0.2) is 0 Å². The number of thioether (sulfide) groups is 1. The monoisotopic (exact) mass is 1310 g/mol. The first-order chi connectivity index (χ1) is 44.0. The summed E-state index contributed by atoms with van der Waals surface area (Å²) in [6.45, 7) is 4.33. The lowest BCUT2D eigenvalue weighted by atomic mass is 10.1. The SMILES string of the molecule is Cc1ccc(CCCC(=O)NCCCC[C@H](NC(=O)CN2CCN(CC(=O)O)CCN(CC(=O)O)CCN(CC(=O)O)CC2)C(=O)NCCSC[C@@H](O)C(=O)N2CCN(CCCOc3ccc4nccc(C(=O)NCC(=O)N5CC(F)(F)C[C@@H]5C#N)c4c3)CC2)cc1. The van der Waals surface area contributed by atoms with Crippen LogP contribution in [0.1, 0.15) is 66.4 Å². The summed E-state index contributed by atoms with van der Waals surface area (Å²) in [6, 6.07) is 14.1. The highest BCUT2D eigenvalue weighted by Gasteiger charge is 2.47. The Balaban J connectivity index is 0.934. The van der Waals surface area contributed by atoms with Gasteiger partial charge in [-0.25, -0.2) is 8.78 Å². The number of aliphatic hydroxyl groups is 1. The van der Waals surface area contributed by atoms with Crippen molar-refractivity contribution in [3.8, 4) is 11.8 Å². The molecule has 2 aromatic carbocycles. The molecule has 92 heavy (non-hydrogen) atoms. The first-order valence-electron chi connectivity index (χ1n) is 31.1. The van der Waals surface area contributed by atoms with Crippen molar-refractivity contribution in [2.45, 2.75) is 82.4 Å². The number of ether oxygens (including phenoxy) is 1. The lowest BCUT2D eigenvalue weighted by molar-refractivity contribution is -0.141. The minimum absolute atomic E-state index is 0.0667. The van der Waals surface area contributed by atoms with E-state index in [1.807, 2.05) is 31.2 Å². The number of amides is 6. The number of carboxylic acid groups (broad SMARTS) is 3. The zero-order valence-corrected chi connectivity index (χ0v) is 52.9. The van der Waals surface area contributed by atoms with Crippen LogP contribution >= 0.6 is 11.8 Å². The minimum Gasteiger partial charge on any atom is -0.494 e. The van der Waals surface area contributed by atoms with Crippen LogP contribution in [0.2, 0.25) is 0 Å². The molecule has 6 rings (SSSR count). The number of rotatable bonds is 33. The number of halogens is 2. The molecule has 504 valence electrons. The van der Waals surface area contributed by atoms with E-state index < -0.39 is 91.1 Å². The average molecular weight is 1310 g/mol. The van der Waals surface area contributed by atoms with E-state index in [2.05, 4.69) is 31.2 Å². The largest absolute Gasteiger partial charge is 0.494 e. The number of hydrogen-bond acceptors (Lipinski definition) is 19. The number of fused-ring (bicyclic) bond motifs is 1. The Morgan fingerprint density at radius 1 is 0.728 bits per heavy atom. The molecule has 0 radical (unpaired) electrons. The molecule has 0 saturated carbocycles. The molecule has 4 heterocycles. The second kappa shape index (κ2) is 37.8. The summed E-state index contributed by atoms with van der Waals surface area (Å²) in [5.41, 5.74) is 2.98. The number of benzene rings is 2. The molecule has 0 bridgehead atoms. The third-order valence-electron chi connectivity index (χ3n) is 16.0. The molecule has 3 aromatic rings. The Hall–Kier alpha value is -7.66. The number of unbranched alkanes of at least 4 members (excludes halogenated alkanes) is 1. The maximum atomic E-state index is 13.9. The number of aryl methyl sites for hydroxylation is 2. The Kier molecular flexibility index (Phi) is 30.1. The predicted molar refractivity (Wildman–Crippen MR) is 336 cm³/mol. The third kappa shape index (κ3) is 25.8. The van der Waals surface area contributed by atoms with Crippen molar-refractivity contribution in [3.05, 3.63) is 71.4 Å². The standard InChI is InChI=1S/C62H87F2N13O14S/c1-44-9-11-45(12-10-44)6-4-8-53(79)67-16-3-2-7-51(70-54(80)38-72-20-22-73(39-56(82)83)24-26-75(41-58(86)87)27-25-74(23-21-72)40-57(84)85)60(89)68-18-33-92-42-52(78)61(90)76-30-28-71(29-31-76)19-5-32-91-47-13-14-50-49(34-47)48(15-17-66-50)59(88)69-37-55(81)77-43-62(63,64)35-46(77)36-65/h9-15,17,34,46,51-52,78H,2-8,16,18-33,35,37-43H2,1H3,(H,67,79)(H,68,89)(H,69,88)(H,70,80)(H,82,83)(H,84,85)(H,86,87)/t46-,51+,52-/m1/s1. The van der Waals surface area contributed by atoms with Crippen LogP contribution in [-0.2, 0) is 44.8 Å². The lowest BCUT2D eigenvalue weighted by Gasteiger charge is -2.35. The zero-order valence-electron chi connectivity index (χ0n) is 52.1. The second-order valence-electron chi connectivity index (χ2n) is 23.3. The first-order valence-corrected chi connectivity index (χ1v) is 32.3. The van der Waals surface area contributed by atoms with E-state index in [9.17, 15) is 77.6 Å². The van der Waals surface area contributed by atoms with Gasteiger partial charge in [-0.3, -0.25) is 72.6 Å². The van der Waals surface area contributed by atoms with Crippen molar-refractivity contribution in [1.29, 1.82) is 5.26 Å². The summed E-state index contributed by atoms with van der Waals surface area (Å²) >= 11 is 1.27. The van der Waals surface area contributed by atoms with Crippen LogP contribution < -0.4 is 26.0 Å². The van der Waals surface area contributed by atoms with E-state index in [-0.39, 0.29) is 109 Å². The molecular formula is C62H87F2N13O14S. The molecular weight excluding hydrogens is 1220 g/mol. The van der Waals surface area contributed by atoms with Crippen LogP contribution in [-0.4, -0.2) is 293 Å². The van der Waals surface area contributed by atoms with Crippen molar-refractivity contribution < 1.29 is 77.1 Å². The van der Waals surface area contributed by atoms with Crippen LogP contribution in [0.4, 0.5) is 8.78 Å². The number of carboxylic acids is 3. The number of nitrogens with zero attached hydrogens (tertiary/aromatic N) is 9. The van der Waals surface area contributed by atoms with E-state index in [1.165, 1.54) is 24.0 Å². The maximum absolute atomic E-state index is 13.9. The fourth-order valence-electron chi connectivity index (χ4n) is 11.0. The summed E-state index contributed by atoms with van der Waals surface area (Å²) < 4.78 is 33.8. The van der Waals surface area contributed by atoms with Gasteiger partial charge in [0.2, 0.25) is 23.6 Å². The summed E-state index contributed by atoms with van der Waals surface area (Å²) in [6.07, 6.45) is 2.98. The second-order valence-corrected chi connectivity index (χ2v) is 24.4. The fraction of sp³-hybridized carbons (Fsp3) is 0.597. The number of carbonyl (C=O) groups excluding carboxylic acids is 6. The first kappa shape index (κ1) is 73.4. The van der Waals surface area contributed by atoms with E-state index in [4.69, 9.17) is 4.74 Å². The smallest absolute Gasteiger partial charge is 0.317 e. The Morgan fingerprint density at radius 2 is 1.34 bits per heavy atom. The minimum atomic E-state index is -3.19. The summed E-state index contributed by atoms with van der Waals surface area (Å²) in [5.74, 6) is -8.49. The number of piperazine rings is 1. The van der Waals surface area contributed by atoms with Crippen molar-refractivity contribution in [3.63, 3.8) is 0 Å². The Morgan fingerprint density at radius 3 is 1.95 bits per heavy atom. The van der Waals surface area contributed by atoms with Gasteiger partial charge in [-0.2, -0.15) is 17.0 Å². The zero-order chi connectivity index (χ0) is 66.6. The average Bonchev–Trinajstić information content (AvgIpc) is 1.28. The molecule has 3 aliphatic heterocycles. The number of likely N-dealkylation sites (tertiary alicyclic amines) is 1. The lowest BCUT2D eigenvalue weighted by Crippen LogP contribution is -2.52. The van der Waals surface area contributed by atoms with Gasteiger partial charge in [-0.1, -0.05) is 29.8 Å². The number of aliphatic hydroxyl groups excluding tert-OH is 1. The summed E-state index contributed by atoms with van der Waals surface area (Å²) in [4.78, 5) is 130. The van der Waals surface area contributed by atoms with Crippen molar-refractivity contribution in [2.24, 2.45) is 0 Å². The highest BCUT2D eigenvalue weighted by molar-refractivity contribution is 7.99. The third-order valence-corrected chi connectivity index (χ3v) is 17.1. The number of alkyl halides is 2.